The molecule has 0 radical (unpaired) electrons. The number of piperidine rings is 1. The number of hydrogen-bond donors (Lipinski definition) is 4. The fourth-order valence-electron chi connectivity index (χ4n) is 7.80. The van der Waals surface area contributed by atoms with Crippen molar-refractivity contribution in [1.29, 1.82) is 0 Å². The molecular weight excluding hydrogens is 496 g/mol. The molecule has 9 heteroatoms. The van der Waals surface area contributed by atoms with Gasteiger partial charge in [-0.15, -0.1) is 0 Å². The molecular formula is C30H40N4O5. The van der Waals surface area contributed by atoms with Crippen molar-refractivity contribution in [2.75, 3.05) is 20.2 Å². The molecule has 1 spiro atoms. The number of aromatic amines is 1. The number of methoxy groups -OCH3 is 1. The third-order valence-electron chi connectivity index (χ3n) is 9.32. The minimum Gasteiger partial charge on any atom is -0.493 e. The minimum atomic E-state index is -1.09. The zero-order valence-electron chi connectivity index (χ0n) is 23.7. The first-order valence-corrected chi connectivity index (χ1v) is 14.2. The molecule has 5 atom stereocenters. The van der Waals surface area contributed by atoms with E-state index in [1.807, 2.05) is 40.7 Å². The van der Waals surface area contributed by atoms with Gasteiger partial charge in [0.15, 0.2) is 11.5 Å². The molecule has 1 fully saturated rings. The molecule has 2 amide bonds. The number of β-amino-alcohol motifs (C(OH)–C–C–N with tert-alkyl or cyclic N) is 1. The van der Waals surface area contributed by atoms with Gasteiger partial charge >= 0.3 is 0 Å². The summed E-state index contributed by atoms with van der Waals surface area (Å²) in [7, 11) is 1.68. The van der Waals surface area contributed by atoms with E-state index in [2.05, 4.69) is 26.6 Å². The molecule has 6 rings (SSSR count). The van der Waals surface area contributed by atoms with Gasteiger partial charge in [-0.1, -0.05) is 6.07 Å². The number of amides is 2. The zero-order valence-corrected chi connectivity index (χ0v) is 23.7. The van der Waals surface area contributed by atoms with E-state index in [-0.39, 0.29) is 47.4 Å². The Bertz CT molecular complexity index is 1330. The molecule has 1 aromatic heterocycles. The topological polar surface area (TPSA) is 116 Å². The van der Waals surface area contributed by atoms with E-state index in [4.69, 9.17) is 9.47 Å². The van der Waals surface area contributed by atoms with Gasteiger partial charge in [-0.25, -0.2) is 0 Å². The molecule has 2 aliphatic heterocycles. The number of nitrogens with one attached hydrogen (secondary N) is 3. The maximum atomic E-state index is 13.1. The molecule has 4 aliphatic rings. The predicted octanol–water partition coefficient (Wildman–Crippen LogP) is 2.53. The number of carbonyl (C=O) groups is 2. The Kier molecular flexibility index (Phi) is 6.22. The van der Waals surface area contributed by atoms with Crippen molar-refractivity contribution in [3.05, 3.63) is 45.8 Å². The van der Waals surface area contributed by atoms with E-state index in [0.717, 1.165) is 54.1 Å². The number of aliphatic hydroxyl groups is 1. The number of fused-ring (bicyclic) bond motifs is 2. The van der Waals surface area contributed by atoms with Gasteiger partial charge in [0, 0.05) is 35.6 Å². The van der Waals surface area contributed by atoms with Crippen LogP contribution in [0.4, 0.5) is 0 Å². The van der Waals surface area contributed by atoms with Crippen LogP contribution in [0.3, 0.4) is 0 Å². The summed E-state index contributed by atoms with van der Waals surface area (Å²) >= 11 is 0. The lowest BCUT2D eigenvalue weighted by molar-refractivity contribution is -0.132. The molecule has 2 aromatic rings. The Balaban J connectivity index is 1.44. The number of hydrogen-bond acceptors (Lipinski definition) is 6. The molecule has 2 aliphatic carbocycles. The number of aliphatic hydroxyl groups excluding tert-OH is 1. The van der Waals surface area contributed by atoms with Crippen LogP contribution in [0.5, 0.6) is 11.5 Å². The summed E-state index contributed by atoms with van der Waals surface area (Å²) < 4.78 is 12.6. The Hall–Kier alpha value is -3.04. The highest BCUT2D eigenvalue weighted by Gasteiger charge is 2.65. The second kappa shape index (κ2) is 9.27. The number of nitrogens with zero attached hydrogens (tertiary/aromatic N) is 1. The van der Waals surface area contributed by atoms with Crippen molar-refractivity contribution in [2.45, 2.75) is 89.6 Å². The molecule has 0 saturated carbocycles. The van der Waals surface area contributed by atoms with Crippen molar-refractivity contribution < 1.29 is 24.2 Å². The average Bonchev–Trinajstić information content (AvgIpc) is 3.39. The normalized spacial score (nSPS) is 27.1. The van der Waals surface area contributed by atoms with Crippen LogP contribution in [0.15, 0.2) is 12.1 Å². The van der Waals surface area contributed by atoms with Gasteiger partial charge in [-0.05, 0) is 89.1 Å². The van der Waals surface area contributed by atoms with E-state index in [9.17, 15) is 14.7 Å². The molecule has 3 heterocycles. The van der Waals surface area contributed by atoms with Crippen LogP contribution in [0.25, 0.3) is 0 Å². The summed E-state index contributed by atoms with van der Waals surface area (Å²) in [6.07, 6.45) is 1.10. The standard InChI is InChI=1S/C30H40N4O5/c1-14(2)31-28(36)21(35)13-34-10-9-30-19-12-18-16(5)24(29(37)32-15(3)4)33-25(18)27(30)39-26-22(38-6)8-7-17(23(26)30)11-20(19)34/h7-8,14-15,19-21,27,33,35H,9-13H2,1-6H3,(H,31,36)(H,32,37)/t19-,20+,21?,27+,30+/m1/s1. The summed E-state index contributed by atoms with van der Waals surface area (Å²) in [5.41, 5.74) is 5.93. The SMILES string of the molecule is COc1ccc2c3c1O[C@H]1c4[nH]c(C(=O)NC(C)C)c(C)c4C[C@@H]4[C@H](C2)N(CC(O)C(=O)NC(C)C)CC[C@@]341. The Morgan fingerprint density at radius 2 is 1.95 bits per heavy atom. The van der Waals surface area contributed by atoms with Gasteiger partial charge in [0.25, 0.3) is 5.91 Å². The maximum absolute atomic E-state index is 13.1. The summed E-state index contributed by atoms with van der Waals surface area (Å²) in [5, 5.41) is 16.7. The summed E-state index contributed by atoms with van der Waals surface area (Å²) in [4.78, 5) is 31.5. The van der Waals surface area contributed by atoms with E-state index in [1.54, 1.807) is 7.11 Å². The van der Waals surface area contributed by atoms with Crippen molar-refractivity contribution in [1.82, 2.24) is 20.5 Å². The fraction of sp³-hybridized carbons (Fsp3) is 0.600. The lowest BCUT2D eigenvalue weighted by Gasteiger charge is -2.58. The summed E-state index contributed by atoms with van der Waals surface area (Å²) in [5.74, 6) is 1.33. The second-order valence-electron chi connectivity index (χ2n) is 12.3. The number of likely N-dealkylation sites (tertiary alicyclic amines) is 1. The third-order valence-corrected chi connectivity index (χ3v) is 9.32. The van der Waals surface area contributed by atoms with Gasteiger partial charge in [-0.3, -0.25) is 14.5 Å². The van der Waals surface area contributed by atoms with Crippen LogP contribution in [-0.2, 0) is 23.1 Å². The van der Waals surface area contributed by atoms with Gasteiger partial charge in [0.1, 0.15) is 17.9 Å². The molecule has 210 valence electrons. The first-order valence-electron chi connectivity index (χ1n) is 14.2. The minimum absolute atomic E-state index is 0.0291. The van der Waals surface area contributed by atoms with Crippen molar-refractivity contribution >= 4 is 11.8 Å². The molecule has 39 heavy (non-hydrogen) atoms. The Morgan fingerprint density at radius 3 is 2.64 bits per heavy atom. The smallest absolute Gasteiger partial charge is 0.268 e. The lowest BCUT2D eigenvalue weighted by atomic mass is 9.51. The highest BCUT2D eigenvalue weighted by atomic mass is 16.5. The maximum Gasteiger partial charge on any atom is 0.268 e. The number of ether oxygens (including phenoxy) is 2. The summed E-state index contributed by atoms with van der Waals surface area (Å²) in [6.45, 7) is 10.8. The van der Waals surface area contributed by atoms with Crippen LogP contribution < -0.4 is 20.1 Å². The lowest BCUT2D eigenvalue weighted by Crippen LogP contribution is -2.64. The molecule has 2 bridgehead atoms. The van der Waals surface area contributed by atoms with Crippen molar-refractivity contribution in [3.8, 4) is 11.5 Å². The first kappa shape index (κ1) is 26.2. The van der Waals surface area contributed by atoms with E-state index in [0.29, 0.717) is 12.2 Å². The van der Waals surface area contributed by atoms with Crippen molar-refractivity contribution in [2.24, 2.45) is 5.92 Å². The predicted molar refractivity (Wildman–Crippen MR) is 146 cm³/mol. The van der Waals surface area contributed by atoms with E-state index >= 15 is 0 Å². The van der Waals surface area contributed by atoms with Gasteiger partial charge in [0.2, 0.25) is 5.91 Å². The molecule has 1 aromatic carbocycles. The van der Waals surface area contributed by atoms with Crippen LogP contribution in [-0.4, -0.2) is 71.2 Å². The number of rotatable bonds is 7. The third kappa shape index (κ3) is 3.80. The second-order valence-corrected chi connectivity index (χ2v) is 12.3. The highest BCUT2D eigenvalue weighted by Crippen LogP contribution is 2.67. The van der Waals surface area contributed by atoms with Crippen LogP contribution in [0, 0.1) is 12.8 Å². The van der Waals surface area contributed by atoms with Gasteiger partial charge < -0.3 is 30.2 Å². The molecule has 1 unspecified atom stereocenters. The van der Waals surface area contributed by atoms with Gasteiger partial charge in [0.05, 0.1) is 12.8 Å². The summed E-state index contributed by atoms with van der Waals surface area (Å²) in [6, 6.07) is 4.27. The Morgan fingerprint density at radius 1 is 1.21 bits per heavy atom. The van der Waals surface area contributed by atoms with E-state index in [1.165, 1.54) is 11.1 Å². The highest BCUT2D eigenvalue weighted by molar-refractivity contribution is 5.94. The number of carbonyl (C=O) groups excluding carboxylic acids is 2. The monoisotopic (exact) mass is 536 g/mol. The number of aromatic nitrogens is 1. The largest absolute Gasteiger partial charge is 0.493 e. The molecule has 4 N–H and O–H groups in total. The fourth-order valence-corrected chi connectivity index (χ4v) is 7.80. The van der Waals surface area contributed by atoms with Crippen LogP contribution in [0.2, 0.25) is 0 Å². The quantitative estimate of drug-likeness (QED) is 0.432. The number of H-pyrrole nitrogens is 1. The average molecular weight is 537 g/mol. The molecule has 9 nitrogen and oxygen atoms in total. The van der Waals surface area contributed by atoms with E-state index < -0.39 is 6.10 Å². The van der Waals surface area contributed by atoms with Gasteiger partial charge in [-0.2, -0.15) is 0 Å². The first-order chi connectivity index (χ1) is 18.6. The number of benzene rings is 1. The van der Waals surface area contributed by atoms with Crippen LogP contribution in [0.1, 0.15) is 78.7 Å². The van der Waals surface area contributed by atoms with Crippen LogP contribution >= 0.6 is 0 Å². The van der Waals surface area contributed by atoms with Crippen molar-refractivity contribution in [3.63, 3.8) is 0 Å². The molecule has 1 saturated heterocycles. The Labute approximate surface area is 229 Å². The zero-order chi connectivity index (χ0) is 27.8.